The van der Waals surface area contributed by atoms with Crippen LogP contribution in [0.1, 0.15) is 51.6 Å². The Morgan fingerprint density at radius 1 is 0.811 bits per heavy atom. The summed E-state index contributed by atoms with van der Waals surface area (Å²) in [6.45, 7) is 0.912. The van der Waals surface area contributed by atoms with E-state index in [0.717, 1.165) is 35.9 Å². The van der Waals surface area contributed by atoms with Gasteiger partial charge in [-0.25, -0.2) is 16.8 Å². The van der Waals surface area contributed by atoms with Crippen molar-refractivity contribution in [3.05, 3.63) is 94.8 Å². The van der Waals surface area contributed by atoms with Crippen molar-refractivity contribution >= 4 is 26.0 Å². The van der Waals surface area contributed by atoms with E-state index in [1.54, 1.807) is 62.2 Å². The van der Waals surface area contributed by atoms with Crippen molar-refractivity contribution in [2.24, 2.45) is 7.05 Å². The maximum atomic E-state index is 14.3. The summed E-state index contributed by atoms with van der Waals surface area (Å²) in [4.78, 5) is 16.1. The first-order valence-electron chi connectivity index (χ1n) is 17.2. The molecule has 2 heterocycles. The number of amides is 1. The minimum Gasteiger partial charge on any atom is -0.497 e. The summed E-state index contributed by atoms with van der Waals surface area (Å²) in [6, 6.07) is 19.3. The Hall–Kier alpha value is -4.64. The lowest BCUT2D eigenvalue weighted by molar-refractivity contribution is 0.0716. The molecule has 0 atom stereocenters. The zero-order valence-corrected chi connectivity index (χ0v) is 32.2. The molecule has 0 radical (unpaired) electrons. The lowest BCUT2D eigenvalue weighted by atomic mass is 10.1. The SMILES string of the molecule is COc1ccc(CN(Cc2cccc(OCc3ccc(S(=O)(=O)N4CCN(S(C)(=O)=O)CC4)cc3)c2OC)C(=O)c2cc(C3CC3)nn2C)c(OC)c1. The molecule has 1 saturated heterocycles. The average Bonchev–Trinajstić information content (AvgIpc) is 3.94. The van der Waals surface area contributed by atoms with Gasteiger partial charge in [0, 0.05) is 56.3 Å². The molecule has 6 rings (SSSR count). The van der Waals surface area contributed by atoms with Crippen LogP contribution in [0.5, 0.6) is 23.0 Å². The van der Waals surface area contributed by atoms with E-state index in [2.05, 4.69) is 5.10 Å². The van der Waals surface area contributed by atoms with Crippen LogP contribution in [0.2, 0.25) is 0 Å². The number of hydrogen-bond donors (Lipinski definition) is 0. The van der Waals surface area contributed by atoms with Gasteiger partial charge in [-0.1, -0.05) is 24.3 Å². The minimum absolute atomic E-state index is 0.0800. The molecule has 1 aliphatic carbocycles. The van der Waals surface area contributed by atoms with Crippen LogP contribution >= 0.6 is 0 Å². The summed E-state index contributed by atoms with van der Waals surface area (Å²) >= 11 is 0. The Balaban J connectivity index is 1.20. The number of piperazine rings is 1. The van der Waals surface area contributed by atoms with Crippen LogP contribution < -0.4 is 18.9 Å². The van der Waals surface area contributed by atoms with Gasteiger partial charge in [0.05, 0.1) is 51.3 Å². The summed E-state index contributed by atoms with van der Waals surface area (Å²) in [5, 5.41) is 4.63. The fraction of sp³-hybridized carbons (Fsp3) is 0.405. The number of carbonyl (C=O) groups is 1. The van der Waals surface area contributed by atoms with Gasteiger partial charge in [-0.05, 0) is 54.8 Å². The van der Waals surface area contributed by atoms with Crippen LogP contribution in [-0.2, 0) is 46.8 Å². The van der Waals surface area contributed by atoms with E-state index in [1.165, 1.54) is 20.7 Å². The summed E-state index contributed by atoms with van der Waals surface area (Å²) < 4.78 is 77.6. The van der Waals surface area contributed by atoms with Gasteiger partial charge in [-0.2, -0.15) is 13.7 Å². The number of methoxy groups -OCH3 is 3. The standard InChI is InChI=1S/C37H45N5O9S2/c1-39-33(22-32(38-39)27-11-12-27)37(43)40(23-28-13-14-30(48-2)21-35(28)49-3)24-29-7-6-8-34(36(29)50-4)51-25-26-9-15-31(16-10-26)53(46,47)42-19-17-41(18-20-42)52(5,44)45/h6-10,13-16,21-22,27H,11-12,17-20,23-25H2,1-5H3. The predicted molar refractivity (Wildman–Crippen MR) is 197 cm³/mol. The highest BCUT2D eigenvalue weighted by molar-refractivity contribution is 7.89. The number of sulfonamides is 2. The molecule has 1 saturated carbocycles. The number of rotatable bonds is 15. The van der Waals surface area contributed by atoms with Gasteiger partial charge in [0.2, 0.25) is 20.0 Å². The van der Waals surface area contributed by atoms with Crippen LogP contribution in [-0.4, -0.2) is 99.8 Å². The molecular weight excluding hydrogens is 723 g/mol. The van der Waals surface area contributed by atoms with Crippen molar-refractivity contribution in [1.82, 2.24) is 23.3 Å². The van der Waals surface area contributed by atoms with Crippen LogP contribution in [0.25, 0.3) is 0 Å². The van der Waals surface area contributed by atoms with E-state index in [-0.39, 0.29) is 56.7 Å². The van der Waals surface area contributed by atoms with Gasteiger partial charge >= 0.3 is 0 Å². The Morgan fingerprint density at radius 3 is 2.11 bits per heavy atom. The second kappa shape index (κ2) is 15.8. The van der Waals surface area contributed by atoms with Gasteiger partial charge in [0.25, 0.3) is 5.91 Å². The molecule has 0 N–H and O–H groups in total. The second-order valence-corrected chi connectivity index (χ2v) is 17.1. The smallest absolute Gasteiger partial charge is 0.272 e. The molecule has 0 unspecified atom stereocenters. The molecular formula is C37H45N5O9S2. The highest BCUT2D eigenvalue weighted by atomic mass is 32.2. The molecule has 2 aliphatic rings. The first-order valence-corrected chi connectivity index (χ1v) is 20.5. The number of ether oxygens (including phenoxy) is 4. The van der Waals surface area contributed by atoms with Crippen molar-refractivity contribution in [3.8, 4) is 23.0 Å². The van der Waals surface area contributed by atoms with Crippen molar-refractivity contribution in [1.29, 1.82) is 0 Å². The lowest BCUT2D eigenvalue weighted by Gasteiger charge is -2.32. The van der Waals surface area contributed by atoms with E-state index < -0.39 is 20.0 Å². The molecule has 2 fully saturated rings. The molecule has 4 aromatic rings. The van der Waals surface area contributed by atoms with E-state index in [9.17, 15) is 21.6 Å². The largest absolute Gasteiger partial charge is 0.497 e. The number of benzene rings is 3. The molecule has 16 heteroatoms. The molecule has 284 valence electrons. The van der Waals surface area contributed by atoms with Crippen molar-refractivity contribution < 1.29 is 40.6 Å². The van der Waals surface area contributed by atoms with Gasteiger partial charge in [-0.15, -0.1) is 0 Å². The first kappa shape index (κ1) is 38.1. The number of hydrogen-bond acceptors (Lipinski definition) is 10. The maximum absolute atomic E-state index is 14.3. The average molecular weight is 768 g/mol. The molecule has 3 aromatic carbocycles. The summed E-state index contributed by atoms with van der Waals surface area (Å²) in [5.41, 5.74) is 3.63. The van der Waals surface area contributed by atoms with Crippen LogP contribution in [0.4, 0.5) is 0 Å². The first-order chi connectivity index (χ1) is 25.3. The lowest BCUT2D eigenvalue weighted by Crippen LogP contribution is -2.50. The molecule has 1 aromatic heterocycles. The van der Waals surface area contributed by atoms with Crippen LogP contribution in [0.15, 0.2) is 71.6 Å². The summed E-state index contributed by atoms with van der Waals surface area (Å²) in [7, 11) is -0.699. The Kier molecular flexibility index (Phi) is 11.3. The summed E-state index contributed by atoms with van der Waals surface area (Å²) in [5.74, 6) is 2.32. The molecule has 0 spiro atoms. The fourth-order valence-electron chi connectivity index (χ4n) is 6.36. The number of aromatic nitrogens is 2. The van der Waals surface area contributed by atoms with Crippen LogP contribution in [0, 0.1) is 0 Å². The van der Waals surface area contributed by atoms with E-state index in [1.807, 2.05) is 30.3 Å². The van der Waals surface area contributed by atoms with E-state index in [0.29, 0.717) is 40.2 Å². The molecule has 14 nitrogen and oxygen atoms in total. The molecule has 0 bridgehead atoms. The van der Waals surface area contributed by atoms with Crippen molar-refractivity contribution in [2.45, 2.75) is 43.4 Å². The molecule has 1 aliphatic heterocycles. The fourth-order valence-corrected chi connectivity index (χ4v) is 8.61. The third-order valence-electron chi connectivity index (χ3n) is 9.50. The van der Waals surface area contributed by atoms with Gasteiger partial charge < -0.3 is 23.8 Å². The highest BCUT2D eigenvalue weighted by Crippen LogP contribution is 2.40. The number of nitrogens with zero attached hydrogens (tertiary/aromatic N) is 5. The molecule has 1 amide bonds. The van der Waals surface area contributed by atoms with Gasteiger partial charge in [0.15, 0.2) is 11.5 Å². The predicted octanol–water partition coefficient (Wildman–Crippen LogP) is 4.01. The topological polar surface area (TPSA) is 150 Å². The van der Waals surface area contributed by atoms with Crippen molar-refractivity contribution in [2.75, 3.05) is 53.8 Å². The van der Waals surface area contributed by atoms with E-state index >= 15 is 0 Å². The second-order valence-electron chi connectivity index (χ2n) is 13.1. The monoisotopic (exact) mass is 767 g/mol. The van der Waals surface area contributed by atoms with Crippen molar-refractivity contribution in [3.63, 3.8) is 0 Å². The van der Waals surface area contributed by atoms with Crippen LogP contribution in [0.3, 0.4) is 0 Å². The minimum atomic E-state index is -3.80. The van der Waals surface area contributed by atoms with Gasteiger partial charge in [0.1, 0.15) is 23.8 Å². The van der Waals surface area contributed by atoms with E-state index in [4.69, 9.17) is 18.9 Å². The highest BCUT2D eigenvalue weighted by Gasteiger charge is 2.32. The Morgan fingerprint density at radius 2 is 1.49 bits per heavy atom. The zero-order valence-electron chi connectivity index (χ0n) is 30.5. The maximum Gasteiger partial charge on any atom is 0.272 e. The quantitative estimate of drug-likeness (QED) is 0.174. The third-order valence-corrected chi connectivity index (χ3v) is 12.7. The van der Waals surface area contributed by atoms with Gasteiger partial charge in [-0.3, -0.25) is 9.48 Å². The number of para-hydroxylation sites is 1. The number of aryl methyl sites for hydroxylation is 1. The third kappa shape index (κ3) is 8.61. The Bertz CT molecular complexity index is 2160. The molecule has 53 heavy (non-hydrogen) atoms. The number of carbonyl (C=O) groups excluding carboxylic acids is 1. The zero-order chi connectivity index (χ0) is 37.9. The Labute approximate surface area is 310 Å². The summed E-state index contributed by atoms with van der Waals surface area (Å²) in [6.07, 6.45) is 3.25. The normalized spacial score (nSPS) is 15.6.